The SMILES string of the molecule is CCOC(=O)CC(=O)N1CCc2nc(C)nc(N3CCCCCC3)c2C1. The van der Waals surface area contributed by atoms with Gasteiger partial charge in [0.25, 0.3) is 0 Å². The van der Waals surface area contributed by atoms with Crippen molar-refractivity contribution in [3.05, 3.63) is 17.1 Å². The Balaban J connectivity index is 1.80. The molecule has 0 N–H and O–H groups in total. The zero-order chi connectivity index (χ0) is 18.5. The number of aromatic nitrogens is 2. The maximum absolute atomic E-state index is 12.5. The second-order valence-electron chi connectivity index (χ2n) is 6.97. The number of carbonyl (C=O) groups excluding carboxylic acids is 2. The Labute approximate surface area is 154 Å². The molecule has 0 unspecified atom stereocenters. The lowest BCUT2D eigenvalue weighted by molar-refractivity contribution is -0.148. The molecule has 7 nitrogen and oxygen atoms in total. The lowest BCUT2D eigenvalue weighted by atomic mass is 10.0. The summed E-state index contributed by atoms with van der Waals surface area (Å²) in [5.41, 5.74) is 2.08. The van der Waals surface area contributed by atoms with Crippen molar-refractivity contribution in [1.29, 1.82) is 0 Å². The number of rotatable bonds is 4. The second kappa shape index (κ2) is 8.47. The van der Waals surface area contributed by atoms with Crippen molar-refractivity contribution in [3.8, 4) is 0 Å². The van der Waals surface area contributed by atoms with Crippen molar-refractivity contribution in [3.63, 3.8) is 0 Å². The Kier molecular flexibility index (Phi) is 6.06. The van der Waals surface area contributed by atoms with E-state index in [1.54, 1.807) is 11.8 Å². The molecule has 1 fully saturated rings. The quantitative estimate of drug-likeness (QED) is 0.604. The van der Waals surface area contributed by atoms with E-state index in [4.69, 9.17) is 9.72 Å². The smallest absolute Gasteiger partial charge is 0.315 e. The molecule has 0 atom stereocenters. The average molecular weight is 360 g/mol. The van der Waals surface area contributed by atoms with Crippen LogP contribution in [0.3, 0.4) is 0 Å². The Morgan fingerprint density at radius 2 is 1.81 bits per heavy atom. The molecule has 0 spiro atoms. The van der Waals surface area contributed by atoms with Crippen LogP contribution in [0.25, 0.3) is 0 Å². The van der Waals surface area contributed by atoms with Crippen LogP contribution in [0.1, 0.15) is 56.1 Å². The number of ether oxygens (including phenoxy) is 1. The van der Waals surface area contributed by atoms with E-state index in [0.29, 0.717) is 26.1 Å². The van der Waals surface area contributed by atoms with Gasteiger partial charge in [0.05, 0.1) is 18.8 Å². The molecule has 0 radical (unpaired) electrons. The Morgan fingerprint density at radius 1 is 1.08 bits per heavy atom. The van der Waals surface area contributed by atoms with Crippen LogP contribution in [0.4, 0.5) is 5.82 Å². The summed E-state index contributed by atoms with van der Waals surface area (Å²) in [5.74, 6) is 1.12. The van der Waals surface area contributed by atoms with Gasteiger partial charge in [-0.05, 0) is 26.7 Å². The summed E-state index contributed by atoms with van der Waals surface area (Å²) in [5, 5.41) is 0. The third kappa shape index (κ3) is 4.31. The first-order chi connectivity index (χ1) is 12.6. The standard InChI is InChI=1S/C19H28N4O3/c1-3-26-18(25)12-17(24)23-11-8-16-15(13-23)19(21-14(2)20-16)22-9-6-4-5-7-10-22/h3-13H2,1-2H3. The molecule has 0 aromatic carbocycles. The Hall–Kier alpha value is -2.18. The number of hydrogen-bond acceptors (Lipinski definition) is 6. The summed E-state index contributed by atoms with van der Waals surface area (Å²) in [6, 6.07) is 0. The van der Waals surface area contributed by atoms with Gasteiger partial charge in [-0.15, -0.1) is 0 Å². The first kappa shape index (κ1) is 18.6. The zero-order valence-electron chi connectivity index (χ0n) is 15.8. The average Bonchev–Trinajstić information content (AvgIpc) is 2.90. The van der Waals surface area contributed by atoms with Gasteiger partial charge in [0.15, 0.2) is 0 Å². The third-order valence-corrected chi connectivity index (χ3v) is 5.01. The highest BCUT2D eigenvalue weighted by Gasteiger charge is 2.28. The van der Waals surface area contributed by atoms with Gasteiger partial charge < -0.3 is 14.5 Å². The van der Waals surface area contributed by atoms with Crippen LogP contribution in [0.5, 0.6) is 0 Å². The van der Waals surface area contributed by atoms with E-state index in [2.05, 4.69) is 9.88 Å². The fourth-order valence-electron chi connectivity index (χ4n) is 3.72. The number of amides is 1. The van der Waals surface area contributed by atoms with Crippen molar-refractivity contribution < 1.29 is 14.3 Å². The van der Waals surface area contributed by atoms with Gasteiger partial charge in [-0.25, -0.2) is 9.97 Å². The van der Waals surface area contributed by atoms with Gasteiger partial charge in [-0.2, -0.15) is 0 Å². The summed E-state index contributed by atoms with van der Waals surface area (Å²) in [6.45, 7) is 7.02. The maximum atomic E-state index is 12.5. The molecule has 2 aliphatic heterocycles. The van der Waals surface area contributed by atoms with Gasteiger partial charge in [0.1, 0.15) is 18.1 Å². The number of esters is 1. The minimum atomic E-state index is -0.462. The van der Waals surface area contributed by atoms with Gasteiger partial charge >= 0.3 is 5.97 Å². The fraction of sp³-hybridized carbons (Fsp3) is 0.684. The van der Waals surface area contributed by atoms with Crippen molar-refractivity contribution in [1.82, 2.24) is 14.9 Å². The number of aryl methyl sites for hydroxylation is 1. The molecule has 2 aliphatic rings. The lowest BCUT2D eigenvalue weighted by Gasteiger charge is -2.32. The highest BCUT2D eigenvalue weighted by molar-refractivity contribution is 5.94. The summed E-state index contributed by atoms with van der Waals surface area (Å²) >= 11 is 0. The second-order valence-corrected chi connectivity index (χ2v) is 6.97. The predicted molar refractivity (Wildman–Crippen MR) is 97.8 cm³/mol. The van der Waals surface area contributed by atoms with Gasteiger partial charge in [0, 0.05) is 31.6 Å². The number of hydrogen-bond donors (Lipinski definition) is 0. The molecule has 7 heteroatoms. The molecule has 0 bridgehead atoms. The highest BCUT2D eigenvalue weighted by atomic mass is 16.5. The molecule has 0 aliphatic carbocycles. The van der Waals surface area contributed by atoms with Crippen molar-refractivity contribution >= 4 is 17.7 Å². The van der Waals surface area contributed by atoms with Crippen LogP contribution < -0.4 is 4.90 Å². The Morgan fingerprint density at radius 3 is 2.50 bits per heavy atom. The molecule has 3 rings (SSSR count). The van der Waals surface area contributed by atoms with Crippen LogP contribution in [0.2, 0.25) is 0 Å². The van der Waals surface area contributed by atoms with Crippen LogP contribution in [-0.4, -0.2) is 53.0 Å². The highest BCUT2D eigenvalue weighted by Crippen LogP contribution is 2.28. The molecule has 0 saturated carbocycles. The molecule has 1 amide bonds. The lowest BCUT2D eigenvalue weighted by Crippen LogP contribution is -2.39. The van der Waals surface area contributed by atoms with E-state index in [0.717, 1.165) is 36.0 Å². The summed E-state index contributed by atoms with van der Waals surface area (Å²) in [4.78, 5) is 37.5. The molecule has 1 aromatic heterocycles. The molecule has 142 valence electrons. The topological polar surface area (TPSA) is 75.6 Å². The normalized spacial score (nSPS) is 17.5. The number of fused-ring (bicyclic) bond motifs is 1. The molecule has 3 heterocycles. The molecule has 26 heavy (non-hydrogen) atoms. The molecule has 1 saturated heterocycles. The number of anilines is 1. The van der Waals surface area contributed by atoms with E-state index >= 15 is 0 Å². The molecular weight excluding hydrogens is 332 g/mol. The largest absolute Gasteiger partial charge is 0.466 e. The minimum Gasteiger partial charge on any atom is -0.466 e. The molecular formula is C19H28N4O3. The van der Waals surface area contributed by atoms with Gasteiger partial charge in [-0.3, -0.25) is 9.59 Å². The summed E-state index contributed by atoms with van der Waals surface area (Å²) in [7, 11) is 0. The fourth-order valence-corrected chi connectivity index (χ4v) is 3.72. The first-order valence-electron chi connectivity index (χ1n) is 9.63. The van der Waals surface area contributed by atoms with Crippen LogP contribution in [0, 0.1) is 6.92 Å². The van der Waals surface area contributed by atoms with E-state index in [9.17, 15) is 9.59 Å². The summed E-state index contributed by atoms with van der Waals surface area (Å²) < 4.78 is 4.90. The number of carbonyl (C=O) groups is 2. The van der Waals surface area contributed by atoms with E-state index in [1.807, 2.05) is 6.92 Å². The van der Waals surface area contributed by atoms with Crippen molar-refractivity contribution in [2.75, 3.05) is 31.1 Å². The minimum absolute atomic E-state index is 0.184. The third-order valence-electron chi connectivity index (χ3n) is 5.01. The van der Waals surface area contributed by atoms with E-state index < -0.39 is 5.97 Å². The maximum Gasteiger partial charge on any atom is 0.315 e. The van der Waals surface area contributed by atoms with Crippen LogP contribution in [0.15, 0.2) is 0 Å². The van der Waals surface area contributed by atoms with Crippen LogP contribution in [-0.2, 0) is 27.3 Å². The van der Waals surface area contributed by atoms with Gasteiger partial charge in [-0.1, -0.05) is 12.8 Å². The first-order valence-corrected chi connectivity index (χ1v) is 9.63. The summed E-state index contributed by atoms with van der Waals surface area (Å²) in [6.07, 6.45) is 5.36. The molecule has 1 aromatic rings. The van der Waals surface area contributed by atoms with Gasteiger partial charge in [0.2, 0.25) is 5.91 Å². The van der Waals surface area contributed by atoms with Crippen molar-refractivity contribution in [2.24, 2.45) is 0 Å². The Bertz CT molecular complexity index is 669. The zero-order valence-corrected chi connectivity index (χ0v) is 15.8. The van der Waals surface area contributed by atoms with Crippen LogP contribution >= 0.6 is 0 Å². The van der Waals surface area contributed by atoms with E-state index in [1.165, 1.54) is 25.7 Å². The number of nitrogens with zero attached hydrogens (tertiary/aromatic N) is 4. The van der Waals surface area contributed by atoms with E-state index in [-0.39, 0.29) is 12.3 Å². The predicted octanol–water partition coefficient (Wildman–Crippen LogP) is 2.00. The monoisotopic (exact) mass is 360 g/mol. The van der Waals surface area contributed by atoms with Crippen molar-refractivity contribution in [2.45, 2.75) is 58.9 Å².